The second-order valence-electron chi connectivity index (χ2n) is 4.39. The van der Waals surface area contributed by atoms with Crippen molar-refractivity contribution in [1.29, 1.82) is 0 Å². The summed E-state index contributed by atoms with van der Waals surface area (Å²) in [6.07, 6.45) is 4.04. The van der Waals surface area contributed by atoms with E-state index in [1.807, 2.05) is 0 Å². The fourth-order valence-electron chi connectivity index (χ4n) is 2.21. The molecule has 1 aromatic rings. The van der Waals surface area contributed by atoms with Crippen molar-refractivity contribution < 1.29 is 0 Å². The second kappa shape index (κ2) is 5.25. The van der Waals surface area contributed by atoms with E-state index in [1.165, 1.54) is 0 Å². The van der Waals surface area contributed by atoms with E-state index in [2.05, 4.69) is 22.2 Å². The molecule has 88 valence electrons. The van der Waals surface area contributed by atoms with Crippen molar-refractivity contribution in [1.82, 2.24) is 15.3 Å². The highest BCUT2D eigenvalue weighted by atomic mass is 16.1. The van der Waals surface area contributed by atoms with Gasteiger partial charge in [-0.15, -0.1) is 0 Å². The maximum atomic E-state index is 11.5. The summed E-state index contributed by atoms with van der Waals surface area (Å²) in [5, 5.41) is 3.33. The number of aromatic nitrogens is 2. The molecule has 1 aliphatic rings. The Morgan fingerprint density at radius 2 is 2.19 bits per heavy atom. The zero-order valence-electron chi connectivity index (χ0n) is 9.75. The van der Waals surface area contributed by atoms with Gasteiger partial charge in [0.2, 0.25) is 0 Å². The van der Waals surface area contributed by atoms with Crippen LogP contribution in [0.4, 0.5) is 0 Å². The molecule has 0 atom stereocenters. The SMILES string of the molecule is CCCc1nc(C2CCNCC2)cc(=O)[nH]1. The number of piperidine rings is 1. The number of H-pyrrole nitrogens is 1. The van der Waals surface area contributed by atoms with Gasteiger partial charge in [0.05, 0.1) is 5.69 Å². The summed E-state index contributed by atoms with van der Waals surface area (Å²) in [5.41, 5.74) is 0.973. The Labute approximate surface area is 95.5 Å². The first-order chi connectivity index (χ1) is 7.79. The molecular formula is C12H19N3O. The topological polar surface area (TPSA) is 57.8 Å². The first kappa shape index (κ1) is 11.3. The lowest BCUT2D eigenvalue weighted by Crippen LogP contribution is -2.28. The van der Waals surface area contributed by atoms with E-state index < -0.39 is 0 Å². The molecular weight excluding hydrogens is 202 g/mol. The maximum Gasteiger partial charge on any atom is 0.251 e. The van der Waals surface area contributed by atoms with E-state index in [4.69, 9.17) is 0 Å². The Morgan fingerprint density at radius 3 is 2.88 bits per heavy atom. The van der Waals surface area contributed by atoms with E-state index in [0.29, 0.717) is 5.92 Å². The minimum absolute atomic E-state index is 0.00742. The predicted molar refractivity (Wildman–Crippen MR) is 63.7 cm³/mol. The van der Waals surface area contributed by atoms with Crippen LogP contribution < -0.4 is 10.9 Å². The largest absolute Gasteiger partial charge is 0.317 e. The van der Waals surface area contributed by atoms with Crippen LogP contribution >= 0.6 is 0 Å². The molecule has 4 heteroatoms. The monoisotopic (exact) mass is 221 g/mol. The van der Waals surface area contributed by atoms with Gasteiger partial charge in [0.15, 0.2) is 0 Å². The molecule has 2 rings (SSSR count). The minimum atomic E-state index is -0.00742. The van der Waals surface area contributed by atoms with Gasteiger partial charge in [-0.2, -0.15) is 0 Å². The number of rotatable bonds is 3. The summed E-state index contributed by atoms with van der Waals surface area (Å²) in [6.45, 7) is 4.15. The van der Waals surface area contributed by atoms with Gasteiger partial charge in [0.25, 0.3) is 5.56 Å². The highest BCUT2D eigenvalue weighted by Crippen LogP contribution is 2.22. The molecule has 16 heavy (non-hydrogen) atoms. The molecule has 1 aromatic heterocycles. The van der Waals surface area contributed by atoms with Crippen molar-refractivity contribution in [3.8, 4) is 0 Å². The molecule has 0 saturated carbocycles. The quantitative estimate of drug-likeness (QED) is 0.806. The zero-order valence-corrected chi connectivity index (χ0v) is 9.75. The van der Waals surface area contributed by atoms with Crippen LogP contribution in [0.3, 0.4) is 0 Å². The molecule has 1 aliphatic heterocycles. The van der Waals surface area contributed by atoms with Crippen LogP contribution in [0, 0.1) is 0 Å². The predicted octanol–water partition coefficient (Wildman–Crippen LogP) is 1.19. The molecule has 0 bridgehead atoms. The highest BCUT2D eigenvalue weighted by molar-refractivity contribution is 5.10. The van der Waals surface area contributed by atoms with Gasteiger partial charge in [-0.25, -0.2) is 4.98 Å². The third kappa shape index (κ3) is 2.70. The maximum absolute atomic E-state index is 11.5. The zero-order chi connectivity index (χ0) is 11.4. The number of hydrogen-bond donors (Lipinski definition) is 2. The van der Waals surface area contributed by atoms with Gasteiger partial charge < -0.3 is 10.3 Å². The molecule has 0 aliphatic carbocycles. The third-order valence-electron chi connectivity index (χ3n) is 3.05. The summed E-state index contributed by atoms with van der Waals surface area (Å²) in [5.74, 6) is 1.29. The molecule has 0 spiro atoms. The minimum Gasteiger partial charge on any atom is -0.317 e. The van der Waals surface area contributed by atoms with Crippen LogP contribution in [0.25, 0.3) is 0 Å². The van der Waals surface area contributed by atoms with Gasteiger partial charge in [0, 0.05) is 18.4 Å². The molecule has 0 radical (unpaired) electrons. The van der Waals surface area contributed by atoms with Crippen LogP contribution in [0.1, 0.15) is 43.6 Å². The van der Waals surface area contributed by atoms with Crippen molar-refractivity contribution in [2.45, 2.75) is 38.5 Å². The van der Waals surface area contributed by atoms with Crippen LogP contribution in [-0.4, -0.2) is 23.1 Å². The van der Waals surface area contributed by atoms with Crippen molar-refractivity contribution in [2.75, 3.05) is 13.1 Å². The lowest BCUT2D eigenvalue weighted by atomic mass is 9.94. The van der Waals surface area contributed by atoms with Crippen LogP contribution in [-0.2, 0) is 6.42 Å². The Kier molecular flexibility index (Phi) is 3.72. The average Bonchev–Trinajstić information content (AvgIpc) is 2.30. The Hall–Kier alpha value is -1.16. The van der Waals surface area contributed by atoms with Crippen LogP contribution in [0.2, 0.25) is 0 Å². The first-order valence-electron chi connectivity index (χ1n) is 6.10. The van der Waals surface area contributed by atoms with E-state index in [-0.39, 0.29) is 5.56 Å². The van der Waals surface area contributed by atoms with Gasteiger partial charge in [-0.05, 0) is 32.4 Å². The van der Waals surface area contributed by atoms with E-state index in [0.717, 1.165) is 50.3 Å². The third-order valence-corrected chi connectivity index (χ3v) is 3.05. The van der Waals surface area contributed by atoms with Crippen molar-refractivity contribution in [3.63, 3.8) is 0 Å². The Morgan fingerprint density at radius 1 is 1.44 bits per heavy atom. The number of hydrogen-bond acceptors (Lipinski definition) is 3. The van der Waals surface area contributed by atoms with E-state index in [1.54, 1.807) is 6.07 Å². The highest BCUT2D eigenvalue weighted by Gasteiger charge is 2.17. The molecule has 0 aromatic carbocycles. The number of nitrogens with one attached hydrogen (secondary N) is 2. The summed E-state index contributed by atoms with van der Waals surface area (Å²) >= 11 is 0. The average molecular weight is 221 g/mol. The molecule has 2 heterocycles. The van der Waals surface area contributed by atoms with Crippen LogP contribution in [0.5, 0.6) is 0 Å². The van der Waals surface area contributed by atoms with E-state index in [9.17, 15) is 4.79 Å². The van der Waals surface area contributed by atoms with Gasteiger partial charge >= 0.3 is 0 Å². The smallest absolute Gasteiger partial charge is 0.251 e. The first-order valence-corrected chi connectivity index (χ1v) is 6.10. The Bertz CT molecular complexity index is 393. The van der Waals surface area contributed by atoms with Gasteiger partial charge in [0.1, 0.15) is 5.82 Å². The van der Waals surface area contributed by atoms with Crippen LogP contribution in [0.15, 0.2) is 10.9 Å². The summed E-state index contributed by atoms with van der Waals surface area (Å²) in [4.78, 5) is 18.9. The number of nitrogens with zero attached hydrogens (tertiary/aromatic N) is 1. The standard InChI is InChI=1S/C12H19N3O/c1-2-3-11-14-10(8-12(16)15-11)9-4-6-13-7-5-9/h8-9,13H,2-7H2,1H3,(H,14,15,16). The molecule has 2 N–H and O–H groups in total. The normalized spacial score (nSPS) is 17.6. The van der Waals surface area contributed by atoms with Gasteiger partial charge in [-0.1, -0.05) is 6.92 Å². The summed E-state index contributed by atoms with van der Waals surface area (Å²) in [6, 6.07) is 1.66. The second-order valence-corrected chi connectivity index (χ2v) is 4.39. The summed E-state index contributed by atoms with van der Waals surface area (Å²) in [7, 11) is 0. The lowest BCUT2D eigenvalue weighted by Gasteiger charge is -2.22. The van der Waals surface area contributed by atoms with Crippen molar-refractivity contribution in [2.24, 2.45) is 0 Å². The molecule has 0 amide bonds. The molecule has 1 saturated heterocycles. The molecule has 0 unspecified atom stereocenters. The fourth-order valence-corrected chi connectivity index (χ4v) is 2.21. The lowest BCUT2D eigenvalue weighted by molar-refractivity contribution is 0.451. The number of aryl methyl sites for hydroxylation is 1. The fraction of sp³-hybridized carbons (Fsp3) is 0.667. The Balaban J connectivity index is 2.21. The van der Waals surface area contributed by atoms with Crippen molar-refractivity contribution >= 4 is 0 Å². The number of aromatic amines is 1. The molecule has 1 fully saturated rings. The van der Waals surface area contributed by atoms with E-state index >= 15 is 0 Å². The van der Waals surface area contributed by atoms with Crippen molar-refractivity contribution in [3.05, 3.63) is 27.9 Å². The molecule has 4 nitrogen and oxygen atoms in total. The van der Waals surface area contributed by atoms with Gasteiger partial charge in [-0.3, -0.25) is 4.79 Å². The summed E-state index contributed by atoms with van der Waals surface area (Å²) < 4.78 is 0.